The van der Waals surface area contributed by atoms with E-state index >= 15 is 0 Å². The van der Waals surface area contributed by atoms with Gasteiger partial charge in [-0.25, -0.2) is 4.79 Å². The van der Waals surface area contributed by atoms with E-state index in [-0.39, 0.29) is 5.97 Å². The highest BCUT2D eigenvalue weighted by atomic mass is 32.2. The van der Waals surface area contributed by atoms with E-state index in [0.29, 0.717) is 0 Å². The van der Waals surface area contributed by atoms with Crippen LogP contribution in [0.2, 0.25) is 0 Å². The van der Waals surface area contributed by atoms with Gasteiger partial charge in [0.2, 0.25) is 0 Å². The molecule has 1 aromatic carbocycles. The average Bonchev–Trinajstić information content (AvgIpc) is 2.19. The first kappa shape index (κ1) is 9.86. The minimum Gasteiger partial charge on any atom is -0.466 e. The molecule has 0 aliphatic carbocycles. The van der Waals surface area contributed by atoms with Crippen molar-refractivity contribution in [2.75, 3.05) is 7.11 Å². The van der Waals surface area contributed by atoms with E-state index in [1.54, 1.807) is 5.41 Å². The van der Waals surface area contributed by atoms with E-state index in [9.17, 15) is 4.79 Å². The predicted molar refractivity (Wildman–Crippen MR) is 53.5 cm³/mol. The Hall–Kier alpha value is -1.22. The Labute approximate surface area is 81.6 Å². The first-order valence-electron chi connectivity index (χ1n) is 3.79. The van der Waals surface area contributed by atoms with Crippen molar-refractivity contribution < 1.29 is 9.53 Å². The number of ether oxygens (including phenoxy) is 1. The summed E-state index contributed by atoms with van der Waals surface area (Å²) in [5, 5.41) is 1.71. The number of carbonyl (C=O) groups excluding carboxylic acids is 1. The van der Waals surface area contributed by atoms with Crippen molar-refractivity contribution >= 4 is 17.7 Å². The summed E-state index contributed by atoms with van der Waals surface area (Å²) in [6.07, 6.45) is 1.40. The average molecular weight is 194 g/mol. The molecular formula is C10H10O2S. The summed E-state index contributed by atoms with van der Waals surface area (Å²) in [4.78, 5) is 11.8. The standard InChI is InChI=1S/C10H10O2S/c1-12-10(11)7-8-13-9-5-3-2-4-6-9/h2-8H,1H3/b8-7-. The number of hydrogen-bond donors (Lipinski definition) is 0. The van der Waals surface area contributed by atoms with Crippen molar-refractivity contribution in [2.45, 2.75) is 4.90 Å². The Morgan fingerprint density at radius 3 is 2.69 bits per heavy atom. The number of rotatable bonds is 3. The third-order valence-electron chi connectivity index (χ3n) is 1.35. The van der Waals surface area contributed by atoms with Crippen molar-refractivity contribution in [3.8, 4) is 0 Å². The van der Waals surface area contributed by atoms with Crippen LogP contribution in [-0.4, -0.2) is 13.1 Å². The summed E-state index contributed by atoms with van der Waals surface area (Å²) >= 11 is 1.48. The van der Waals surface area contributed by atoms with Crippen LogP contribution in [0.1, 0.15) is 0 Å². The smallest absolute Gasteiger partial charge is 0.330 e. The first-order valence-corrected chi connectivity index (χ1v) is 4.67. The minimum atomic E-state index is -0.330. The molecule has 0 aromatic heterocycles. The van der Waals surface area contributed by atoms with Gasteiger partial charge in [0.25, 0.3) is 0 Å². The van der Waals surface area contributed by atoms with Crippen molar-refractivity contribution in [1.82, 2.24) is 0 Å². The molecule has 0 spiro atoms. The zero-order valence-corrected chi connectivity index (χ0v) is 8.08. The van der Waals surface area contributed by atoms with E-state index < -0.39 is 0 Å². The molecule has 0 saturated heterocycles. The Kier molecular flexibility index (Phi) is 4.12. The monoisotopic (exact) mass is 194 g/mol. The van der Waals surface area contributed by atoms with Crippen LogP contribution in [0.15, 0.2) is 46.7 Å². The van der Waals surface area contributed by atoms with Gasteiger partial charge in [0.1, 0.15) is 0 Å². The SMILES string of the molecule is COC(=O)/C=C\Sc1ccccc1. The highest BCUT2D eigenvalue weighted by Crippen LogP contribution is 2.17. The van der Waals surface area contributed by atoms with Gasteiger partial charge >= 0.3 is 5.97 Å². The van der Waals surface area contributed by atoms with Gasteiger partial charge in [0, 0.05) is 11.0 Å². The molecule has 0 amide bonds. The van der Waals surface area contributed by atoms with Crippen LogP contribution in [0, 0.1) is 0 Å². The van der Waals surface area contributed by atoms with Crippen LogP contribution in [0.4, 0.5) is 0 Å². The summed E-state index contributed by atoms with van der Waals surface area (Å²) in [5.74, 6) is -0.330. The number of benzene rings is 1. The van der Waals surface area contributed by atoms with Crippen LogP contribution in [0.5, 0.6) is 0 Å². The maximum atomic E-state index is 10.7. The number of esters is 1. The molecule has 0 aliphatic heterocycles. The molecular weight excluding hydrogens is 184 g/mol. The van der Waals surface area contributed by atoms with E-state index in [1.807, 2.05) is 30.3 Å². The molecule has 68 valence electrons. The highest BCUT2D eigenvalue weighted by Gasteiger charge is 1.90. The molecule has 0 heterocycles. The van der Waals surface area contributed by atoms with Crippen LogP contribution < -0.4 is 0 Å². The topological polar surface area (TPSA) is 26.3 Å². The van der Waals surface area contributed by atoms with Gasteiger partial charge in [0.05, 0.1) is 7.11 Å². The van der Waals surface area contributed by atoms with Crippen molar-refractivity contribution in [2.24, 2.45) is 0 Å². The lowest BCUT2D eigenvalue weighted by atomic mass is 10.4. The third-order valence-corrected chi connectivity index (χ3v) is 2.17. The highest BCUT2D eigenvalue weighted by molar-refractivity contribution is 8.02. The number of methoxy groups -OCH3 is 1. The first-order chi connectivity index (χ1) is 6.33. The van der Waals surface area contributed by atoms with E-state index in [2.05, 4.69) is 4.74 Å². The van der Waals surface area contributed by atoms with Crippen LogP contribution in [0.3, 0.4) is 0 Å². The van der Waals surface area contributed by atoms with Gasteiger partial charge in [-0.3, -0.25) is 0 Å². The van der Waals surface area contributed by atoms with Gasteiger partial charge in [-0.05, 0) is 17.5 Å². The van der Waals surface area contributed by atoms with Crippen LogP contribution in [0.25, 0.3) is 0 Å². The molecule has 0 unspecified atom stereocenters. The fourth-order valence-electron chi connectivity index (χ4n) is 0.735. The molecule has 0 atom stereocenters. The summed E-state index contributed by atoms with van der Waals surface area (Å²) in [6.45, 7) is 0. The summed E-state index contributed by atoms with van der Waals surface area (Å²) in [7, 11) is 1.36. The van der Waals surface area contributed by atoms with Crippen LogP contribution in [-0.2, 0) is 9.53 Å². The molecule has 0 saturated carbocycles. The molecule has 0 N–H and O–H groups in total. The summed E-state index contributed by atoms with van der Waals surface area (Å²) < 4.78 is 4.45. The Bertz CT molecular complexity index is 293. The Morgan fingerprint density at radius 2 is 2.08 bits per heavy atom. The fraction of sp³-hybridized carbons (Fsp3) is 0.100. The Balaban J connectivity index is 2.44. The molecule has 2 nitrogen and oxygen atoms in total. The third kappa shape index (κ3) is 3.80. The van der Waals surface area contributed by atoms with Gasteiger partial charge in [0.15, 0.2) is 0 Å². The second-order valence-electron chi connectivity index (χ2n) is 2.26. The maximum absolute atomic E-state index is 10.7. The molecule has 13 heavy (non-hydrogen) atoms. The number of carbonyl (C=O) groups is 1. The molecule has 0 fully saturated rings. The lowest BCUT2D eigenvalue weighted by Gasteiger charge is -1.93. The second kappa shape index (κ2) is 5.43. The fourth-order valence-corrected chi connectivity index (χ4v) is 1.39. The van der Waals surface area contributed by atoms with E-state index in [0.717, 1.165) is 4.90 Å². The number of hydrogen-bond acceptors (Lipinski definition) is 3. The lowest BCUT2D eigenvalue weighted by molar-refractivity contribution is -0.134. The molecule has 0 aliphatic rings. The lowest BCUT2D eigenvalue weighted by Crippen LogP contribution is -1.92. The largest absolute Gasteiger partial charge is 0.466 e. The molecule has 1 rings (SSSR count). The van der Waals surface area contributed by atoms with Crippen molar-refractivity contribution in [1.29, 1.82) is 0 Å². The summed E-state index contributed by atoms with van der Waals surface area (Å²) in [6, 6.07) is 9.81. The second-order valence-corrected chi connectivity index (χ2v) is 3.24. The normalized spacial score (nSPS) is 10.2. The molecule has 3 heteroatoms. The molecule has 1 aromatic rings. The maximum Gasteiger partial charge on any atom is 0.330 e. The van der Waals surface area contributed by atoms with Gasteiger partial charge < -0.3 is 4.74 Å². The van der Waals surface area contributed by atoms with Crippen LogP contribution >= 0.6 is 11.8 Å². The van der Waals surface area contributed by atoms with Crippen molar-refractivity contribution in [3.63, 3.8) is 0 Å². The van der Waals surface area contributed by atoms with Gasteiger partial charge in [-0.1, -0.05) is 30.0 Å². The van der Waals surface area contributed by atoms with E-state index in [1.165, 1.54) is 24.9 Å². The number of thioether (sulfide) groups is 1. The quantitative estimate of drug-likeness (QED) is 0.420. The Morgan fingerprint density at radius 1 is 1.38 bits per heavy atom. The van der Waals surface area contributed by atoms with E-state index in [4.69, 9.17) is 0 Å². The minimum absolute atomic E-state index is 0.330. The van der Waals surface area contributed by atoms with Gasteiger partial charge in [-0.15, -0.1) is 0 Å². The molecule has 0 radical (unpaired) electrons. The summed E-state index contributed by atoms with van der Waals surface area (Å²) in [5.41, 5.74) is 0. The zero-order chi connectivity index (χ0) is 9.52. The van der Waals surface area contributed by atoms with Crippen molar-refractivity contribution in [3.05, 3.63) is 41.8 Å². The zero-order valence-electron chi connectivity index (χ0n) is 7.27. The molecule has 0 bridgehead atoms. The van der Waals surface area contributed by atoms with Gasteiger partial charge in [-0.2, -0.15) is 0 Å². The predicted octanol–water partition coefficient (Wildman–Crippen LogP) is 2.47.